The molecule has 37 heavy (non-hydrogen) atoms. The number of benzene rings is 3. The summed E-state index contributed by atoms with van der Waals surface area (Å²) in [6, 6.07) is 17.2. The monoisotopic (exact) mass is 500 g/mol. The molecule has 9 nitrogen and oxygen atoms in total. The number of aromatic nitrogens is 2. The lowest BCUT2D eigenvalue weighted by atomic mass is 10.0. The molecule has 1 amide bonds. The van der Waals surface area contributed by atoms with Gasteiger partial charge in [-0.1, -0.05) is 18.2 Å². The van der Waals surface area contributed by atoms with Crippen LogP contribution in [0.15, 0.2) is 60.7 Å². The third-order valence-corrected chi connectivity index (χ3v) is 5.59. The van der Waals surface area contributed by atoms with Crippen LogP contribution in [0.1, 0.15) is 40.1 Å². The number of methoxy groups -OCH3 is 1. The van der Waals surface area contributed by atoms with Crippen LogP contribution in [0.5, 0.6) is 5.75 Å². The van der Waals surface area contributed by atoms with Crippen molar-refractivity contribution in [1.82, 2.24) is 9.97 Å². The number of fused-ring (bicyclic) bond motifs is 1. The molecule has 1 heterocycles. The molecule has 0 aliphatic heterocycles. The van der Waals surface area contributed by atoms with Gasteiger partial charge in [0.25, 0.3) is 5.91 Å². The maximum atomic E-state index is 13.0. The lowest BCUT2D eigenvalue weighted by Gasteiger charge is -2.13. The molecule has 0 bridgehead atoms. The first kappa shape index (κ1) is 25.6. The first-order chi connectivity index (χ1) is 17.8. The van der Waals surface area contributed by atoms with E-state index in [1.807, 2.05) is 12.1 Å². The van der Waals surface area contributed by atoms with Crippen molar-refractivity contribution in [2.24, 2.45) is 0 Å². The molecule has 0 aliphatic rings. The van der Waals surface area contributed by atoms with Gasteiger partial charge in [-0.25, -0.2) is 14.8 Å². The van der Waals surface area contributed by atoms with Crippen molar-refractivity contribution < 1.29 is 24.2 Å². The van der Waals surface area contributed by atoms with Crippen LogP contribution < -0.4 is 15.4 Å². The minimum Gasteiger partial charge on any atom is -0.496 e. The number of aliphatic hydroxyl groups is 1. The largest absolute Gasteiger partial charge is 0.496 e. The van der Waals surface area contributed by atoms with E-state index in [4.69, 9.17) is 9.47 Å². The molecule has 0 saturated heterocycles. The van der Waals surface area contributed by atoms with Gasteiger partial charge in [0.2, 0.25) is 5.95 Å². The molecule has 0 saturated carbocycles. The highest BCUT2D eigenvalue weighted by atomic mass is 16.5. The number of amides is 1. The van der Waals surface area contributed by atoms with Gasteiger partial charge < -0.3 is 25.2 Å². The summed E-state index contributed by atoms with van der Waals surface area (Å²) in [6.45, 7) is 3.33. The van der Waals surface area contributed by atoms with Gasteiger partial charge in [0.1, 0.15) is 5.75 Å². The molecule has 0 spiro atoms. The van der Waals surface area contributed by atoms with E-state index in [0.717, 1.165) is 10.9 Å². The molecule has 4 aromatic rings. The number of ether oxygens (including phenoxy) is 2. The van der Waals surface area contributed by atoms with Crippen LogP contribution in [0.2, 0.25) is 0 Å². The summed E-state index contributed by atoms with van der Waals surface area (Å²) in [5.41, 5.74) is 3.79. The van der Waals surface area contributed by atoms with Crippen molar-refractivity contribution in [2.75, 3.05) is 24.8 Å². The molecule has 0 radical (unpaired) electrons. The van der Waals surface area contributed by atoms with Crippen molar-refractivity contribution >= 4 is 34.4 Å². The lowest BCUT2D eigenvalue weighted by Crippen LogP contribution is -2.15. The summed E-state index contributed by atoms with van der Waals surface area (Å²) in [7, 11) is 3.27. The molecule has 9 heteroatoms. The van der Waals surface area contributed by atoms with E-state index in [-0.39, 0.29) is 18.6 Å². The fourth-order valence-electron chi connectivity index (χ4n) is 3.86. The van der Waals surface area contributed by atoms with Gasteiger partial charge in [-0.05, 0) is 50.2 Å². The van der Waals surface area contributed by atoms with Crippen LogP contribution in [0.4, 0.5) is 11.6 Å². The average Bonchev–Trinajstić information content (AvgIpc) is 2.91. The summed E-state index contributed by atoms with van der Waals surface area (Å²) >= 11 is 0. The van der Waals surface area contributed by atoms with Crippen LogP contribution in [0, 0.1) is 0 Å². The average molecular weight is 501 g/mol. The first-order valence-electron chi connectivity index (χ1n) is 11.7. The van der Waals surface area contributed by atoms with Crippen LogP contribution in [0.3, 0.4) is 0 Å². The number of rotatable bonds is 8. The predicted molar refractivity (Wildman–Crippen MR) is 142 cm³/mol. The Morgan fingerprint density at radius 2 is 1.76 bits per heavy atom. The number of hydrogen-bond acceptors (Lipinski definition) is 8. The molecule has 4 rings (SSSR count). The Morgan fingerprint density at radius 1 is 1.00 bits per heavy atom. The fourth-order valence-corrected chi connectivity index (χ4v) is 3.86. The maximum absolute atomic E-state index is 13.0. The van der Waals surface area contributed by atoms with Crippen LogP contribution in [0.25, 0.3) is 22.2 Å². The molecular formula is C28H28N4O5. The summed E-state index contributed by atoms with van der Waals surface area (Å²) in [5.74, 6) is 0.0941. The second-order valence-corrected chi connectivity index (χ2v) is 8.55. The molecule has 3 N–H and O–H groups in total. The third kappa shape index (κ3) is 5.68. The van der Waals surface area contributed by atoms with Crippen LogP contribution in [-0.2, 0) is 11.3 Å². The van der Waals surface area contributed by atoms with Crippen molar-refractivity contribution in [3.63, 3.8) is 0 Å². The Labute approximate surface area is 214 Å². The number of esters is 1. The number of nitrogens with zero attached hydrogens (tertiary/aromatic N) is 2. The summed E-state index contributed by atoms with van der Waals surface area (Å²) in [6.07, 6.45) is -0.261. The molecule has 0 aliphatic carbocycles. The van der Waals surface area contributed by atoms with E-state index in [1.165, 1.54) is 13.2 Å². The number of nitrogens with one attached hydrogen (secondary N) is 2. The van der Waals surface area contributed by atoms with Crippen LogP contribution >= 0.6 is 0 Å². The van der Waals surface area contributed by atoms with Gasteiger partial charge >= 0.3 is 5.97 Å². The summed E-state index contributed by atoms with van der Waals surface area (Å²) in [5, 5.41) is 16.4. The predicted octanol–water partition coefficient (Wildman–Crippen LogP) is 4.66. The second-order valence-electron chi connectivity index (χ2n) is 8.55. The Bertz CT molecular complexity index is 1470. The molecule has 0 atom stereocenters. The van der Waals surface area contributed by atoms with Gasteiger partial charge in [-0.15, -0.1) is 0 Å². The Kier molecular flexibility index (Phi) is 7.64. The zero-order valence-electron chi connectivity index (χ0n) is 21.0. The van der Waals surface area contributed by atoms with E-state index in [2.05, 4.69) is 20.6 Å². The van der Waals surface area contributed by atoms with Gasteiger partial charge in [0.15, 0.2) is 0 Å². The standard InChI is InChI=1S/C28H28N4O5/c1-16(2)37-27(35)19-9-5-8-18(11-19)26(34)30-21-10-6-7-17(12-21)25-22-13-20(15-33)24(36-4)14-23(22)31-28(29-3)32-25/h5-14,16,33H,15H2,1-4H3,(H,30,34)(H,29,31,32). The number of carbonyl (C=O) groups excluding carboxylic acids is 2. The molecule has 0 unspecified atom stereocenters. The highest BCUT2D eigenvalue weighted by molar-refractivity contribution is 6.06. The highest BCUT2D eigenvalue weighted by Gasteiger charge is 2.16. The molecule has 3 aromatic carbocycles. The molecular weight excluding hydrogens is 472 g/mol. The Hall–Kier alpha value is -4.50. The summed E-state index contributed by atoms with van der Waals surface area (Å²) in [4.78, 5) is 34.4. The highest BCUT2D eigenvalue weighted by Crippen LogP contribution is 2.33. The lowest BCUT2D eigenvalue weighted by molar-refractivity contribution is 0.0378. The van der Waals surface area contributed by atoms with E-state index in [0.29, 0.717) is 45.3 Å². The number of aliphatic hydroxyl groups excluding tert-OH is 1. The molecule has 1 aromatic heterocycles. The minimum atomic E-state index is -0.485. The zero-order valence-corrected chi connectivity index (χ0v) is 21.0. The smallest absolute Gasteiger partial charge is 0.338 e. The van der Waals surface area contributed by atoms with E-state index in [9.17, 15) is 14.7 Å². The second kappa shape index (κ2) is 11.0. The SMILES string of the molecule is CNc1nc(-c2cccc(NC(=O)c3cccc(C(=O)OC(C)C)c3)c2)c2cc(CO)c(OC)cc2n1. The van der Waals surface area contributed by atoms with Gasteiger partial charge in [0.05, 0.1) is 36.6 Å². The number of hydrogen-bond donors (Lipinski definition) is 3. The van der Waals surface area contributed by atoms with Crippen molar-refractivity contribution in [3.8, 4) is 17.0 Å². The van der Waals surface area contributed by atoms with E-state index >= 15 is 0 Å². The number of anilines is 2. The minimum absolute atomic E-state index is 0.202. The van der Waals surface area contributed by atoms with E-state index in [1.54, 1.807) is 63.4 Å². The summed E-state index contributed by atoms with van der Waals surface area (Å²) < 4.78 is 10.6. The zero-order chi connectivity index (χ0) is 26.5. The topological polar surface area (TPSA) is 123 Å². The molecule has 0 fully saturated rings. The first-order valence-corrected chi connectivity index (χ1v) is 11.7. The van der Waals surface area contributed by atoms with Gasteiger partial charge in [-0.3, -0.25) is 4.79 Å². The fraction of sp³-hybridized carbons (Fsp3) is 0.214. The normalized spacial score (nSPS) is 10.9. The van der Waals surface area contributed by atoms with Crippen LogP contribution in [-0.4, -0.2) is 47.2 Å². The van der Waals surface area contributed by atoms with E-state index < -0.39 is 5.97 Å². The number of carbonyl (C=O) groups is 2. The Balaban J connectivity index is 1.68. The quantitative estimate of drug-likeness (QED) is 0.299. The Morgan fingerprint density at radius 3 is 2.46 bits per heavy atom. The van der Waals surface area contributed by atoms with Crippen molar-refractivity contribution in [3.05, 3.63) is 77.4 Å². The van der Waals surface area contributed by atoms with Gasteiger partial charge in [0, 0.05) is 40.9 Å². The van der Waals surface area contributed by atoms with Crippen molar-refractivity contribution in [1.29, 1.82) is 0 Å². The van der Waals surface area contributed by atoms with Gasteiger partial charge in [-0.2, -0.15) is 0 Å². The molecule has 190 valence electrons. The maximum Gasteiger partial charge on any atom is 0.338 e. The third-order valence-electron chi connectivity index (χ3n) is 5.59. The van der Waals surface area contributed by atoms with Crippen molar-refractivity contribution in [2.45, 2.75) is 26.6 Å².